The lowest BCUT2D eigenvalue weighted by Crippen LogP contribution is -2.27. The van der Waals surface area contributed by atoms with Gasteiger partial charge in [0.15, 0.2) is 5.96 Å². The Morgan fingerprint density at radius 3 is 2.65 bits per heavy atom. The highest BCUT2D eigenvalue weighted by molar-refractivity contribution is 14.0. The van der Waals surface area contributed by atoms with Crippen LogP contribution < -0.4 is 16.8 Å². The molecule has 0 radical (unpaired) electrons. The highest BCUT2D eigenvalue weighted by Crippen LogP contribution is 2.23. The number of hydrogen-bond donors (Lipinski definition) is 3. The number of nitrogens with two attached hydrogens (primary N) is 2. The molecule has 2 heterocycles. The Balaban J connectivity index is 0.00000243. The molecule has 1 aliphatic rings. The van der Waals surface area contributed by atoms with Gasteiger partial charge in [-0.3, -0.25) is 14.5 Å². The number of nitrogens with zero attached hydrogens (tertiary/aromatic N) is 3. The number of aliphatic imine (C=N–C) groups is 1. The number of carbonyl (C=O) groups is 1. The van der Waals surface area contributed by atoms with Crippen molar-refractivity contribution in [2.24, 2.45) is 22.4 Å². The fourth-order valence-electron chi connectivity index (χ4n) is 3.32. The molecular formula is C18H25IN6O. The number of benzene rings is 1. The summed E-state index contributed by atoms with van der Waals surface area (Å²) in [6, 6.07) is 6.18. The average Bonchev–Trinajstić information content (AvgIpc) is 2.95. The van der Waals surface area contributed by atoms with E-state index in [-0.39, 0.29) is 24.0 Å². The molecule has 1 atom stereocenters. The number of rotatable bonds is 4. The van der Waals surface area contributed by atoms with Gasteiger partial charge in [0.05, 0.1) is 17.5 Å². The van der Waals surface area contributed by atoms with Gasteiger partial charge in [0.25, 0.3) is 5.91 Å². The molecule has 2 aromatic rings. The molecule has 5 N–H and O–H groups in total. The van der Waals surface area contributed by atoms with Crippen molar-refractivity contribution in [1.29, 1.82) is 0 Å². The second-order valence-electron chi connectivity index (χ2n) is 6.68. The first-order valence-electron chi connectivity index (χ1n) is 8.42. The van der Waals surface area contributed by atoms with Crippen molar-refractivity contribution >= 4 is 41.5 Å². The highest BCUT2D eigenvalue weighted by atomic mass is 127. The number of hydrogen-bond acceptors (Lipinski definition) is 3. The first-order chi connectivity index (χ1) is 11.9. The molecule has 140 valence electrons. The maximum absolute atomic E-state index is 11.5. The number of amides is 1. The van der Waals surface area contributed by atoms with Crippen LogP contribution in [-0.2, 0) is 13.0 Å². The van der Waals surface area contributed by atoms with Crippen LogP contribution in [0.1, 0.15) is 33.6 Å². The molecule has 0 saturated heterocycles. The fraction of sp³-hybridized carbons (Fsp3) is 0.389. The van der Waals surface area contributed by atoms with Crippen molar-refractivity contribution in [2.45, 2.75) is 33.2 Å². The van der Waals surface area contributed by atoms with E-state index in [0.717, 1.165) is 30.8 Å². The predicted molar refractivity (Wildman–Crippen MR) is 114 cm³/mol. The molecule has 26 heavy (non-hydrogen) atoms. The van der Waals surface area contributed by atoms with Crippen molar-refractivity contribution in [3.8, 4) is 0 Å². The minimum atomic E-state index is -0.429. The predicted octanol–water partition coefficient (Wildman–Crippen LogP) is 2.21. The van der Waals surface area contributed by atoms with Crippen LogP contribution in [0.3, 0.4) is 0 Å². The fourth-order valence-corrected chi connectivity index (χ4v) is 3.32. The van der Waals surface area contributed by atoms with E-state index in [9.17, 15) is 4.79 Å². The topological polar surface area (TPSA) is 111 Å². The van der Waals surface area contributed by atoms with Gasteiger partial charge in [-0.2, -0.15) is 5.10 Å². The molecule has 1 unspecified atom stereocenters. The number of nitrogens with one attached hydrogen (secondary N) is 1. The monoisotopic (exact) mass is 468 g/mol. The van der Waals surface area contributed by atoms with Crippen LogP contribution in [0.15, 0.2) is 29.4 Å². The zero-order valence-electron chi connectivity index (χ0n) is 15.0. The number of aryl methyl sites for hydroxylation is 3. The first-order valence-corrected chi connectivity index (χ1v) is 8.42. The maximum Gasteiger partial charge on any atom is 0.252 e. The standard InChI is InChI=1S/C18H24N6O.HI/c1-11-5-12(2)7-14(6-11)23-18(20)21-9-13-3-4-24-16(8-13)15(10-22-24)17(19)25;/h5-7,10,13H,3-4,8-9H2,1-2H3,(H2,19,25)(H3,20,21,23);1H. The lowest BCUT2D eigenvalue weighted by molar-refractivity contribution is 0.0998. The minimum absolute atomic E-state index is 0. The zero-order valence-corrected chi connectivity index (χ0v) is 17.4. The van der Waals surface area contributed by atoms with Gasteiger partial charge < -0.3 is 16.8 Å². The molecule has 1 aromatic heterocycles. The van der Waals surface area contributed by atoms with Crippen molar-refractivity contribution in [1.82, 2.24) is 9.78 Å². The summed E-state index contributed by atoms with van der Waals surface area (Å²) in [7, 11) is 0. The van der Waals surface area contributed by atoms with E-state index >= 15 is 0 Å². The SMILES string of the molecule is Cc1cc(C)cc(NC(N)=NCC2CCn3ncc(C(N)=O)c3C2)c1.I. The summed E-state index contributed by atoms with van der Waals surface area (Å²) in [5, 5.41) is 7.37. The third kappa shape index (κ3) is 4.75. The van der Waals surface area contributed by atoms with E-state index in [4.69, 9.17) is 11.5 Å². The van der Waals surface area contributed by atoms with Crippen LogP contribution in [0.25, 0.3) is 0 Å². The molecule has 0 saturated carbocycles. The third-order valence-corrected chi connectivity index (χ3v) is 4.46. The molecular weight excluding hydrogens is 443 g/mol. The van der Waals surface area contributed by atoms with E-state index in [1.54, 1.807) is 6.20 Å². The van der Waals surface area contributed by atoms with Crippen LogP contribution >= 0.6 is 24.0 Å². The molecule has 3 rings (SSSR count). The van der Waals surface area contributed by atoms with Gasteiger partial charge in [0.2, 0.25) is 0 Å². The number of fused-ring (bicyclic) bond motifs is 1. The summed E-state index contributed by atoms with van der Waals surface area (Å²) >= 11 is 0. The molecule has 1 aliphatic heterocycles. The number of halogens is 1. The van der Waals surface area contributed by atoms with Gasteiger partial charge in [0, 0.05) is 18.8 Å². The Bertz CT molecular complexity index is 809. The van der Waals surface area contributed by atoms with Crippen LogP contribution in [0, 0.1) is 19.8 Å². The number of anilines is 1. The summed E-state index contributed by atoms with van der Waals surface area (Å²) in [6.45, 7) is 5.47. The van der Waals surface area contributed by atoms with Gasteiger partial charge in [-0.15, -0.1) is 24.0 Å². The van der Waals surface area contributed by atoms with Gasteiger partial charge in [-0.05, 0) is 55.9 Å². The molecule has 1 amide bonds. The van der Waals surface area contributed by atoms with Crippen LogP contribution in [-0.4, -0.2) is 28.2 Å². The summed E-state index contributed by atoms with van der Waals surface area (Å²) in [4.78, 5) is 15.9. The summed E-state index contributed by atoms with van der Waals surface area (Å²) in [5.74, 6) is 0.294. The van der Waals surface area contributed by atoms with E-state index in [1.807, 2.05) is 30.7 Å². The minimum Gasteiger partial charge on any atom is -0.370 e. The number of guanidine groups is 1. The van der Waals surface area contributed by atoms with E-state index < -0.39 is 5.91 Å². The Labute approximate surface area is 170 Å². The third-order valence-electron chi connectivity index (χ3n) is 4.46. The van der Waals surface area contributed by atoms with Crippen molar-refractivity contribution in [2.75, 3.05) is 11.9 Å². The maximum atomic E-state index is 11.5. The number of aromatic nitrogens is 2. The lowest BCUT2D eigenvalue weighted by Gasteiger charge is -2.22. The van der Waals surface area contributed by atoms with Crippen molar-refractivity contribution in [3.05, 3.63) is 46.8 Å². The number of primary amides is 1. The normalized spacial score (nSPS) is 16.5. The summed E-state index contributed by atoms with van der Waals surface area (Å²) in [5.41, 5.74) is 16.1. The zero-order chi connectivity index (χ0) is 18.0. The molecule has 0 fully saturated rings. The second-order valence-corrected chi connectivity index (χ2v) is 6.68. The lowest BCUT2D eigenvalue weighted by atomic mass is 9.94. The van der Waals surface area contributed by atoms with Crippen LogP contribution in [0.4, 0.5) is 5.69 Å². The second kappa shape index (κ2) is 8.52. The molecule has 8 heteroatoms. The smallest absolute Gasteiger partial charge is 0.252 e. The Morgan fingerprint density at radius 1 is 1.31 bits per heavy atom. The average molecular weight is 468 g/mol. The Kier molecular flexibility index (Phi) is 6.63. The van der Waals surface area contributed by atoms with E-state index in [1.165, 1.54) is 11.1 Å². The molecule has 0 spiro atoms. The quantitative estimate of drug-likeness (QED) is 0.363. The van der Waals surface area contributed by atoms with Crippen LogP contribution in [0.2, 0.25) is 0 Å². The Morgan fingerprint density at radius 2 is 2.00 bits per heavy atom. The molecule has 0 bridgehead atoms. The van der Waals surface area contributed by atoms with E-state index in [2.05, 4.69) is 21.5 Å². The summed E-state index contributed by atoms with van der Waals surface area (Å²) < 4.78 is 1.86. The van der Waals surface area contributed by atoms with Crippen molar-refractivity contribution in [3.63, 3.8) is 0 Å². The van der Waals surface area contributed by atoms with Gasteiger partial charge in [-0.25, -0.2) is 0 Å². The molecule has 7 nitrogen and oxygen atoms in total. The van der Waals surface area contributed by atoms with Gasteiger partial charge in [-0.1, -0.05) is 6.07 Å². The first kappa shape index (κ1) is 20.2. The van der Waals surface area contributed by atoms with Gasteiger partial charge in [0.1, 0.15) is 0 Å². The van der Waals surface area contributed by atoms with Gasteiger partial charge >= 0.3 is 0 Å². The van der Waals surface area contributed by atoms with Crippen LogP contribution in [0.5, 0.6) is 0 Å². The van der Waals surface area contributed by atoms with Crippen molar-refractivity contribution < 1.29 is 4.79 Å². The highest BCUT2D eigenvalue weighted by Gasteiger charge is 2.24. The molecule has 1 aromatic carbocycles. The van der Waals surface area contributed by atoms with E-state index in [0.29, 0.717) is 24.0 Å². The summed E-state index contributed by atoms with van der Waals surface area (Å²) in [6.07, 6.45) is 3.24. The molecule has 0 aliphatic carbocycles. The Hall–Kier alpha value is -2.10. The largest absolute Gasteiger partial charge is 0.370 e. The number of carbonyl (C=O) groups excluding carboxylic acids is 1.